The summed E-state index contributed by atoms with van der Waals surface area (Å²) in [7, 11) is 0. The molecule has 23 heavy (non-hydrogen) atoms. The van der Waals surface area contributed by atoms with Crippen LogP contribution in [-0.2, 0) is 20.8 Å². The van der Waals surface area contributed by atoms with E-state index in [9.17, 15) is 24.6 Å². The Bertz CT molecular complexity index is 550. The highest BCUT2D eigenvalue weighted by molar-refractivity contribution is 7.81. The zero-order valence-electron chi connectivity index (χ0n) is 12.6. The Morgan fingerprint density at radius 3 is 2.26 bits per heavy atom. The first kappa shape index (κ1) is 19.0. The van der Waals surface area contributed by atoms with E-state index in [0.717, 1.165) is 5.56 Å². The topological polar surface area (TPSA) is 116 Å². The lowest BCUT2D eigenvalue weighted by Gasteiger charge is -2.23. The molecule has 1 rings (SSSR count). The highest BCUT2D eigenvalue weighted by atomic mass is 32.1. The van der Waals surface area contributed by atoms with Crippen molar-refractivity contribution in [1.29, 1.82) is 0 Å². The summed E-state index contributed by atoms with van der Waals surface area (Å²) in [5, 5.41) is 23.5. The zero-order valence-corrected chi connectivity index (χ0v) is 13.5. The number of benzene rings is 1. The average Bonchev–Trinajstić information content (AvgIpc) is 2.52. The van der Waals surface area contributed by atoms with Crippen molar-refractivity contribution in [2.45, 2.75) is 31.5 Å². The van der Waals surface area contributed by atoms with E-state index in [4.69, 9.17) is 0 Å². The smallest absolute Gasteiger partial charge is 0.326 e. The second-order valence-corrected chi connectivity index (χ2v) is 5.35. The lowest BCUT2D eigenvalue weighted by molar-refractivity contribution is -0.142. The Morgan fingerprint density at radius 1 is 1.17 bits per heavy atom. The largest absolute Gasteiger partial charge is 0.480 e. The molecule has 0 spiro atoms. The number of aliphatic hydroxyl groups excluding tert-OH is 1. The third-order valence-electron chi connectivity index (χ3n) is 3.12. The predicted molar refractivity (Wildman–Crippen MR) is 87.2 cm³/mol. The first-order valence-electron chi connectivity index (χ1n) is 7.00. The van der Waals surface area contributed by atoms with Gasteiger partial charge in [-0.1, -0.05) is 30.3 Å². The van der Waals surface area contributed by atoms with Crippen molar-refractivity contribution in [2.24, 2.45) is 0 Å². The van der Waals surface area contributed by atoms with Crippen LogP contribution in [0.3, 0.4) is 0 Å². The first-order valence-corrected chi connectivity index (χ1v) is 7.63. The second kappa shape index (κ2) is 9.16. The molecule has 126 valence electrons. The molecule has 8 heteroatoms. The van der Waals surface area contributed by atoms with E-state index in [2.05, 4.69) is 23.3 Å². The van der Waals surface area contributed by atoms with Crippen LogP contribution in [0, 0.1) is 0 Å². The first-order chi connectivity index (χ1) is 10.8. The molecule has 0 aliphatic rings. The molecule has 1 unspecified atom stereocenters. The van der Waals surface area contributed by atoms with Gasteiger partial charge in [0.2, 0.25) is 11.8 Å². The molecule has 0 fully saturated rings. The quantitative estimate of drug-likeness (QED) is 0.413. The van der Waals surface area contributed by atoms with Gasteiger partial charge in [0, 0.05) is 6.42 Å². The Labute approximate surface area is 139 Å². The van der Waals surface area contributed by atoms with Crippen LogP contribution in [0.15, 0.2) is 30.3 Å². The SMILES string of the molecule is CC(O)[C@H](NC(=O)CS)C(=O)N[C@@H](Cc1ccccc1)C(=O)O. The van der Waals surface area contributed by atoms with Crippen molar-refractivity contribution < 1.29 is 24.6 Å². The molecule has 0 radical (unpaired) electrons. The zero-order chi connectivity index (χ0) is 17.4. The number of hydrogen-bond donors (Lipinski definition) is 5. The van der Waals surface area contributed by atoms with Gasteiger partial charge in [0.05, 0.1) is 11.9 Å². The van der Waals surface area contributed by atoms with Crippen LogP contribution in [0.2, 0.25) is 0 Å². The number of hydrogen-bond acceptors (Lipinski definition) is 5. The lowest BCUT2D eigenvalue weighted by Crippen LogP contribution is -2.56. The fraction of sp³-hybridized carbons (Fsp3) is 0.400. The lowest BCUT2D eigenvalue weighted by atomic mass is 10.0. The van der Waals surface area contributed by atoms with Gasteiger partial charge in [0.25, 0.3) is 0 Å². The molecule has 0 aromatic heterocycles. The standard InChI is InChI=1S/C15H20N2O5S/c1-9(18)13(17-12(19)8-23)14(20)16-11(15(21)22)7-10-5-3-2-4-6-10/h2-6,9,11,13,18,23H,7-8H2,1H3,(H,16,20)(H,17,19)(H,21,22)/t9?,11-,13-/m0/s1. The monoisotopic (exact) mass is 340 g/mol. The number of carbonyl (C=O) groups excluding carboxylic acids is 2. The Hall–Kier alpha value is -2.06. The molecular weight excluding hydrogens is 320 g/mol. The fourth-order valence-corrected chi connectivity index (χ4v) is 2.03. The average molecular weight is 340 g/mol. The number of aliphatic carboxylic acids is 1. The van der Waals surface area contributed by atoms with Crippen LogP contribution >= 0.6 is 12.6 Å². The summed E-state index contributed by atoms with van der Waals surface area (Å²) in [6.07, 6.45) is -1.08. The van der Waals surface area contributed by atoms with Crippen molar-refractivity contribution in [3.8, 4) is 0 Å². The van der Waals surface area contributed by atoms with Gasteiger partial charge < -0.3 is 20.8 Å². The molecule has 7 nitrogen and oxygen atoms in total. The van der Waals surface area contributed by atoms with Gasteiger partial charge in [-0.15, -0.1) is 0 Å². The van der Waals surface area contributed by atoms with E-state index in [1.807, 2.05) is 0 Å². The molecule has 0 bridgehead atoms. The maximum Gasteiger partial charge on any atom is 0.326 e. The van der Waals surface area contributed by atoms with E-state index in [-0.39, 0.29) is 12.2 Å². The van der Waals surface area contributed by atoms with Crippen LogP contribution in [0.5, 0.6) is 0 Å². The minimum atomic E-state index is -1.24. The van der Waals surface area contributed by atoms with Crippen LogP contribution in [0.25, 0.3) is 0 Å². The minimum Gasteiger partial charge on any atom is -0.480 e. The Balaban J connectivity index is 2.79. The van der Waals surface area contributed by atoms with E-state index >= 15 is 0 Å². The number of carboxylic acid groups (broad SMARTS) is 1. The van der Waals surface area contributed by atoms with Crippen LogP contribution in [-0.4, -0.2) is 51.9 Å². The van der Waals surface area contributed by atoms with E-state index in [1.165, 1.54) is 6.92 Å². The summed E-state index contributed by atoms with van der Waals surface area (Å²) in [4.78, 5) is 34.8. The van der Waals surface area contributed by atoms with Crippen LogP contribution in [0.1, 0.15) is 12.5 Å². The summed E-state index contributed by atoms with van der Waals surface area (Å²) in [6, 6.07) is 6.41. The van der Waals surface area contributed by atoms with Gasteiger partial charge in [0.1, 0.15) is 12.1 Å². The Kier molecular flexibility index (Phi) is 7.56. The van der Waals surface area contributed by atoms with E-state index in [1.54, 1.807) is 30.3 Å². The maximum atomic E-state index is 12.2. The third-order valence-corrected chi connectivity index (χ3v) is 3.41. The molecule has 3 atom stereocenters. The Morgan fingerprint density at radius 2 is 1.78 bits per heavy atom. The number of nitrogens with one attached hydrogen (secondary N) is 2. The fourth-order valence-electron chi connectivity index (χ4n) is 1.94. The van der Waals surface area contributed by atoms with Crippen LogP contribution < -0.4 is 10.6 Å². The molecular formula is C15H20N2O5S. The molecule has 2 amide bonds. The van der Waals surface area contributed by atoms with E-state index in [0.29, 0.717) is 0 Å². The van der Waals surface area contributed by atoms with Gasteiger partial charge in [-0.3, -0.25) is 9.59 Å². The van der Waals surface area contributed by atoms with Crippen molar-refractivity contribution in [3.63, 3.8) is 0 Å². The van der Waals surface area contributed by atoms with Gasteiger partial charge in [-0.05, 0) is 12.5 Å². The van der Waals surface area contributed by atoms with Crippen molar-refractivity contribution in [1.82, 2.24) is 10.6 Å². The highest BCUT2D eigenvalue weighted by Crippen LogP contribution is 2.04. The van der Waals surface area contributed by atoms with Crippen molar-refractivity contribution >= 4 is 30.4 Å². The molecule has 1 aromatic carbocycles. The van der Waals surface area contributed by atoms with Crippen LogP contribution in [0.4, 0.5) is 0 Å². The molecule has 4 N–H and O–H groups in total. The van der Waals surface area contributed by atoms with Gasteiger partial charge in [-0.2, -0.15) is 12.6 Å². The number of thiol groups is 1. The summed E-state index contributed by atoms with van der Waals surface area (Å²) in [5.41, 5.74) is 0.744. The van der Waals surface area contributed by atoms with Gasteiger partial charge >= 0.3 is 5.97 Å². The molecule has 0 heterocycles. The minimum absolute atomic E-state index is 0.0922. The molecule has 0 saturated heterocycles. The summed E-state index contributed by atoms with van der Waals surface area (Å²) < 4.78 is 0. The number of carboxylic acids is 1. The molecule has 0 saturated carbocycles. The summed E-state index contributed by atoms with van der Waals surface area (Å²) in [6.45, 7) is 1.33. The number of aliphatic hydroxyl groups is 1. The van der Waals surface area contributed by atoms with E-state index < -0.39 is 36.0 Å². The van der Waals surface area contributed by atoms with Crippen molar-refractivity contribution in [2.75, 3.05) is 5.75 Å². The van der Waals surface area contributed by atoms with Gasteiger partial charge in [0.15, 0.2) is 0 Å². The van der Waals surface area contributed by atoms with Gasteiger partial charge in [-0.25, -0.2) is 4.79 Å². The number of rotatable bonds is 8. The summed E-state index contributed by atoms with van der Waals surface area (Å²) in [5.74, 6) is -2.65. The molecule has 1 aromatic rings. The summed E-state index contributed by atoms with van der Waals surface area (Å²) >= 11 is 3.78. The number of carbonyl (C=O) groups is 3. The molecule has 0 aliphatic carbocycles. The molecule has 0 aliphatic heterocycles. The normalized spacial score (nSPS) is 14.4. The second-order valence-electron chi connectivity index (χ2n) is 5.03. The highest BCUT2D eigenvalue weighted by Gasteiger charge is 2.29. The predicted octanol–water partition coefficient (Wildman–Crippen LogP) is -0.406. The maximum absolute atomic E-state index is 12.2. The third kappa shape index (κ3) is 6.29. The van der Waals surface area contributed by atoms with Crippen molar-refractivity contribution in [3.05, 3.63) is 35.9 Å². The number of amides is 2.